The van der Waals surface area contributed by atoms with Crippen molar-refractivity contribution in [3.8, 4) is 5.75 Å². The lowest BCUT2D eigenvalue weighted by molar-refractivity contribution is -0.123. The lowest BCUT2D eigenvalue weighted by Gasteiger charge is -2.19. The van der Waals surface area contributed by atoms with Crippen molar-refractivity contribution in [2.24, 2.45) is 0 Å². The second-order valence-corrected chi connectivity index (χ2v) is 6.52. The van der Waals surface area contributed by atoms with Crippen molar-refractivity contribution < 1.29 is 13.9 Å². The van der Waals surface area contributed by atoms with Gasteiger partial charge in [0, 0.05) is 22.5 Å². The van der Waals surface area contributed by atoms with E-state index in [4.69, 9.17) is 27.9 Å². The number of benzene rings is 2. The number of hydrogen-bond acceptors (Lipinski definition) is 2. The Balaban J connectivity index is 1.92. The summed E-state index contributed by atoms with van der Waals surface area (Å²) in [4.78, 5) is 12.0. The molecule has 1 N–H and O–H groups in total. The molecule has 0 fully saturated rings. The van der Waals surface area contributed by atoms with Gasteiger partial charge in [-0.15, -0.1) is 0 Å². The van der Waals surface area contributed by atoms with Crippen LogP contribution in [0.4, 0.5) is 4.39 Å². The summed E-state index contributed by atoms with van der Waals surface area (Å²) in [6.45, 7) is 2.25. The molecule has 1 atom stereocenters. The standard InChI is InChI=1S/C19H20Cl2FNO2/c1-2-5-13(15-9-8-14(20)10-16(15)21)11-23-19(24)12-25-18-7-4-3-6-17(18)22/h3-4,6-10,13H,2,5,11-12H2,1H3,(H,23,24)/t13-/m0/s1. The summed E-state index contributed by atoms with van der Waals surface area (Å²) in [6.07, 6.45) is 1.82. The molecule has 3 nitrogen and oxygen atoms in total. The van der Waals surface area contributed by atoms with Crippen LogP contribution in [0, 0.1) is 5.82 Å². The molecule has 0 aliphatic carbocycles. The van der Waals surface area contributed by atoms with Crippen LogP contribution in [0.5, 0.6) is 5.75 Å². The summed E-state index contributed by atoms with van der Waals surface area (Å²) in [6, 6.07) is 11.3. The molecule has 0 radical (unpaired) electrons. The second-order valence-electron chi connectivity index (χ2n) is 5.67. The monoisotopic (exact) mass is 383 g/mol. The number of ether oxygens (including phenoxy) is 1. The number of carbonyl (C=O) groups is 1. The van der Waals surface area contributed by atoms with Gasteiger partial charge in [0.15, 0.2) is 18.2 Å². The van der Waals surface area contributed by atoms with Gasteiger partial charge in [0.05, 0.1) is 0 Å². The number of amides is 1. The van der Waals surface area contributed by atoms with Crippen molar-refractivity contribution in [2.75, 3.05) is 13.2 Å². The molecule has 0 aliphatic rings. The van der Waals surface area contributed by atoms with Gasteiger partial charge >= 0.3 is 0 Å². The number of hydrogen-bond donors (Lipinski definition) is 1. The maximum atomic E-state index is 13.5. The summed E-state index contributed by atoms with van der Waals surface area (Å²) < 4.78 is 18.7. The first-order valence-corrected chi connectivity index (χ1v) is 8.85. The van der Waals surface area contributed by atoms with Gasteiger partial charge in [-0.3, -0.25) is 4.79 Å². The van der Waals surface area contributed by atoms with E-state index in [1.807, 2.05) is 6.07 Å². The van der Waals surface area contributed by atoms with Crippen molar-refractivity contribution in [1.82, 2.24) is 5.32 Å². The molecule has 2 aromatic rings. The van der Waals surface area contributed by atoms with Crippen LogP contribution < -0.4 is 10.1 Å². The van der Waals surface area contributed by atoms with Crippen LogP contribution in [-0.4, -0.2) is 19.1 Å². The molecule has 0 saturated carbocycles. The first-order valence-electron chi connectivity index (χ1n) is 8.10. The van der Waals surface area contributed by atoms with Crippen LogP contribution >= 0.6 is 23.2 Å². The number of nitrogens with one attached hydrogen (secondary N) is 1. The molecule has 25 heavy (non-hydrogen) atoms. The molecule has 134 valence electrons. The minimum atomic E-state index is -0.493. The van der Waals surface area contributed by atoms with Crippen molar-refractivity contribution in [2.45, 2.75) is 25.7 Å². The quantitative estimate of drug-likeness (QED) is 0.679. The molecular formula is C19H20Cl2FNO2. The fraction of sp³-hybridized carbons (Fsp3) is 0.316. The zero-order chi connectivity index (χ0) is 18.2. The van der Waals surface area contributed by atoms with Gasteiger partial charge in [0.25, 0.3) is 5.91 Å². The summed E-state index contributed by atoms with van der Waals surface area (Å²) in [5.41, 5.74) is 0.947. The summed E-state index contributed by atoms with van der Waals surface area (Å²) in [5.74, 6) is -0.669. The maximum Gasteiger partial charge on any atom is 0.257 e. The highest BCUT2D eigenvalue weighted by Crippen LogP contribution is 2.30. The largest absolute Gasteiger partial charge is 0.481 e. The van der Waals surface area contributed by atoms with Crippen molar-refractivity contribution in [3.63, 3.8) is 0 Å². The number of para-hydroxylation sites is 1. The third-order valence-corrected chi connectivity index (χ3v) is 4.34. The Morgan fingerprint density at radius 1 is 1.24 bits per heavy atom. The molecule has 0 spiro atoms. The smallest absolute Gasteiger partial charge is 0.257 e. The van der Waals surface area contributed by atoms with Gasteiger partial charge < -0.3 is 10.1 Å². The van der Waals surface area contributed by atoms with Gasteiger partial charge in [-0.25, -0.2) is 4.39 Å². The average Bonchev–Trinajstić information content (AvgIpc) is 2.58. The van der Waals surface area contributed by atoms with Crippen molar-refractivity contribution >= 4 is 29.1 Å². The molecule has 1 amide bonds. The Morgan fingerprint density at radius 3 is 2.68 bits per heavy atom. The van der Waals surface area contributed by atoms with E-state index in [0.717, 1.165) is 18.4 Å². The Labute approximate surface area is 157 Å². The van der Waals surface area contributed by atoms with E-state index in [1.54, 1.807) is 24.3 Å². The van der Waals surface area contributed by atoms with Crippen LogP contribution in [0.1, 0.15) is 31.2 Å². The van der Waals surface area contributed by atoms with E-state index in [1.165, 1.54) is 12.1 Å². The minimum absolute atomic E-state index is 0.0588. The Bertz CT molecular complexity index is 724. The number of rotatable bonds is 8. The van der Waals surface area contributed by atoms with Crippen LogP contribution in [0.3, 0.4) is 0 Å². The summed E-state index contributed by atoms with van der Waals surface area (Å²) in [7, 11) is 0. The molecule has 0 saturated heterocycles. The first kappa shape index (κ1) is 19.5. The zero-order valence-corrected chi connectivity index (χ0v) is 15.4. The summed E-state index contributed by atoms with van der Waals surface area (Å²) >= 11 is 12.2. The van der Waals surface area contributed by atoms with Crippen LogP contribution in [0.25, 0.3) is 0 Å². The SMILES string of the molecule is CCC[C@@H](CNC(=O)COc1ccccc1F)c1ccc(Cl)cc1Cl. The van der Waals surface area contributed by atoms with Crippen LogP contribution in [0.2, 0.25) is 10.0 Å². The van der Waals surface area contributed by atoms with Crippen LogP contribution in [0.15, 0.2) is 42.5 Å². The predicted molar refractivity (Wildman–Crippen MR) is 99.0 cm³/mol. The third-order valence-electron chi connectivity index (χ3n) is 3.78. The highest BCUT2D eigenvalue weighted by molar-refractivity contribution is 6.35. The molecular weight excluding hydrogens is 364 g/mol. The molecule has 2 rings (SSSR count). The maximum absolute atomic E-state index is 13.5. The van der Waals surface area contributed by atoms with Gasteiger partial charge in [0.1, 0.15) is 0 Å². The second kappa shape index (κ2) is 9.64. The van der Waals surface area contributed by atoms with Gasteiger partial charge in [0.2, 0.25) is 0 Å². The molecule has 0 aromatic heterocycles. The lowest BCUT2D eigenvalue weighted by Crippen LogP contribution is -2.32. The van der Waals surface area contributed by atoms with Gasteiger partial charge in [-0.05, 0) is 36.2 Å². The summed E-state index contributed by atoms with van der Waals surface area (Å²) in [5, 5.41) is 3.98. The fourth-order valence-corrected chi connectivity index (χ4v) is 3.10. The van der Waals surface area contributed by atoms with E-state index < -0.39 is 5.82 Å². The number of halogens is 3. The highest BCUT2D eigenvalue weighted by atomic mass is 35.5. The van der Waals surface area contributed by atoms with E-state index >= 15 is 0 Å². The van der Waals surface area contributed by atoms with E-state index in [0.29, 0.717) is 16.6 Å². The lowest BCUT2D eigenvalue weighted by atomic mass is 9.94. The Morgan fingerprint density at radius 2 is 2.00 bits per heavy atom. The van der Waals surface area contributed by atoms with E-state index in [-0.39, 0.29) is 24.2 Å². The van der Waals surface area contributed by atoms with E-state index in [2.05, 4.69) is 12.2 Å². The van der Waals surface area contributed by atoms with Crippen molar-refractivity contribution in [3.05, 3.63) is 63.9 Å². The van der Waals surface area contributed by atoms with Gasteiger partial charge in [-0.1, -0.05) is 54.7 Å². The minimum Gasteiger partial charge on any atom is -0.481 e. The number of carbonyl (C=O) groups excluding carboxylic acids is 1. The molecule has 0 aliphatic heterocycles. The molecule has 6 heteroatoms. The fourth-order valence-electron chi connectivity index (χ4n) is 2.54. The average molecular weight is 384 g/mol. The zero-order valence-electron chi connectivity index (χ0n) is 13.9. The predicted octanol–water partition coefficient (Wildman–Crippen LogP) is 5.21. The highest BCUT2D eigenvalue weighted by Gasteiger charge is 2.16. The third kappa shape index (κ3) is 5.91. The molecule has 0 unspecified atom stereocenters. The Hall–Kier alpha value is -1.78. The Kier molecular flexibility index (Phi) is 7.53. The van der Waals surface area contributed by atoms with Crippen molar-refractivity contribution in [1.29, 1.82) is 0 Å². The normalized spacial score (nSPS) is 11.8. The first-order chi connectivity index (χ1) is 12.0. The van der Waals surface area contributed by atoms with Gasteiger partial charge in [-0.2, -0.15) is 0 Å². The molecule has 0 bridgehead atoms. The van der Waals surface area contributed by atoms with Crippen LogP contribution in [-0.2, 0) is 4.79 Å². The molecule has 2 aromatic carbocycles. The molecule has 0 heterocycles. The van der Waals surface area contributed by atoms with E-state index in [9.17, 15) is 9.18 Å². The topological polar surface area (TPSA) is 38.3 Å².